The number of benzene rings is 1. The predicted molar refractivity (Wildman–Crippen MR) is 93.4 cm³/mol. The summed E-state index contributed by atoms with van der Waals surface area (Å²) in [6.45, 7) is 4.27. The van der Waals surface area contributed by atoms with Gasteiger partial charge in [-0.3, -0.25) is 4.79 Å². The Balaban J connectivity index is 1.40. The van der Waals surface area contributed by atoms with E-state index in [2.05, 4.69) is 25.7 Å². The molecule has 0 radical (unpaired) electrons. The summed E-state index contributed by atoms with van der Waals surface area (Å²) in [6.07, 6.45) is 7.89. The summed E-state index contributed by atoms with van der Waals surface area (Å²) < 4.78 is 1.52. The van der Waals surface area contributed by atoms with Crippen LogP contribution < -0.4 is 5.32 Å². The third-order valence-electron chi connectivity index (χ3n) is 5.33. The predicted octanol–water partition coefficient (Wildman–Crippen LogP) is 1.66. The molecule has 1 amide bonds. The van der Waals surface area contributed by atoms with E-state index >= 15 is 0 Å². The van der Waals surface area contributed by atoms with Gasteiger partial charge >= 0.3 is 0 Å². The first-order chi connectivity index (χ1) is 12.3. The number of tetrazole rings is 1. The Hall–Kier alpha value is -2.28. The van der Waals surface area contributed by atoms with Crippen molar-refractivity contribution in [1.82, 2.24) is 30.4 Å². The van der Waals surface area contributed by atoms with Gasteiger partial charge in [-0.2, -0.15) is 4.68 Å². The van der Waals surface area contributed by atoms with Crippen LogP contribution in [-0.2, 0) is 0 Å². The zero-order valence-electron chi connectivity index (χ0n) is 14.4. The monoisotopic (exact) mass is 340 g/mol. The first-order valence-electron chi connectivity index (χ1n) is 9.09. The standard InChI is InChI=1S/C18H24N6O/c25-17(15-6-2-3-7-16(15)24-14-20-21-22-24)19-12-18(8-9-18)13-23-10-4-1-5-11-23/h2-3,6-7,14H,1,4-5,8-13H2,(H,19,25). The summed E-state index contributed by atoms with van der Waals surface area (Å²) in [5.41, 5.74) is 1.57. The molecule has 1 aromatic carbocycles. The van der Waals surface area contributed by atoms with Crippen molar-refractivity contribution >= 4 is 5.91 Å². The van der Waals surface area contributed by atoms with E-state index in [1.165, 1.54) is 56.2 Å². The van der Waals surface area contributed by atoms with Crippen LogP contribution >= 0.6 is 0 Å². The highest BCUT2D eigenvalue weighted by atomic mass is 16.1. The summed E-state index contributed by atoms with van der Waals surface area (Å²) in [7, 11) is 0. The van der Waals surface area contributed by atoms with Gasteiger partial charge in [0.15, 0.2) is 0 Å². The van der Waals surface area contributed by atoms with Gasteiger partial charge in [-0.15, -0.1) is 5.10 Å². The van der Waals surface area contributed by atoms with Crippen molar-refractivity contribution in [1.29, 1.82) is 0 Å². The minimum atomic E-state index is -0.0592. The number of carbonyl (C=O) groups is 1. The van der Waals surface area contributed by atoms with Gasteiger partial charge in [-0.1, -0.05) is 18.6 Å². The van der Waals surface area contributed by atoms with Gasteiger partial charge in [0.05, 0.1) is 11.3 Å². The van der Waals surface area contributed by atoms with E-state index in [4.69, 9.17) is 0 Å². The van der Waals surface area contributed by atoms with E-state index in [0.717, 1.165) is 13.1 Å². The number of rotatable bonds is 6. The summed E-state index contributed by atoms with van der Waals surface area (Å²) >= 11 is 0. The van der Waals surface area contributed by atoms with E-state index in [-0.39, 0.29) is 11.3 Å². The Morgan fingerprint density at radius 2 is 1.96 bits per heavy atom. The average Bonchev–Trinajstić information content (AvgIpc) is 3.19. The Labute approximate surface area is 147 Å². The molecule has 0 bridgehead atoms. The number of para-hydroxylation sites is 1. The van der Waals surface area contributed by atoms with Crippen molar-refractivity contribution in [2.24, 2.45) is 5.41 Å². The van der Waals surface area contributed by atoms with Gasteiger partial charge in [-0.05, 0) is 61.3 Å². The Morgan fingerprint density at radius 3 is 2.68 bits per heavy atom. The molecule has 7 nitrogen and oxygen atoms in total. The number of amides is 1. The van der Waals surface area contributed by atoms with E-state index in [9.17, 15) is 4.79 Å². The average molecular weight is 340 g/mol. The molecular formula is C18H24N6O. The molecule has 1 saturated heterocycles. The lowest BCUT2D eigenvalue weighted by atomic mass is 10.0. The molecule has 2 aliphatic rings. The Kier molecular flexibility index (Phi) is 4.48. The van der Waals surface area contributed by atoms with Crippen molar-refractivity contribution in [2.75, 3.05) is 26.2 Å². The molecule has 0 atom stereocenters. The minimum absolute atomic E-state index is 0.0592. The first-order valence-corrected chi connectivity index (χ1v) is 9.09. The number of nitrogens with zero attached hydrogens (tertiary/aromatic N) is 5. The smallest absolute Gasteiger partial charge is 0.253 e. The van der Waals surface area contributed by atoms with Gasteiger partial charge in [-0.25, -0.2) is 0 Å². The number of piperidine rings is 1. The highest BCUT2D eigenvalue weighted by Gasteiger charge is 2.44. The zero-order chi connectivity index (χ0) is 17.1. The van der Waals surface area contributed by atoms with Crippen LogP contribution in [0.4, 0.5) is 0 Å². The maximum Gasteiger partial charge on any atom is 0.253 e. The van der Waals surface area contributed by atoms with Crippen LogP contribution in [0.2, 0.25) is 0 Å². The van der Waals surface area contributed by atoms with Crippen LogP contribution in [-0.4, -0.2) is 57.2 Å². The van der Waals surface area contributed by atoms with E-state index in [1.54, 1.807) is 0 Å². The second-order valence-corrected chi connectivity index (χ2v) is 7.29. The Bertz CT molecular complexity index is 719. The van der Waals surface area contributed by atoms with Gasteiger partial charge in [0, 0.05) is 18.5 Å². The van der Waals surface area contributed by atoms with E-state index in [1.807, 2.05) is 24.3 Å². The fraction of sp³-hybridized carbons (Fsp3) is 0.556. The quantitative estimate of drug-likeness (QED) is 0.865. The topological polar surface area (TPSA) is 75.9 Å². The van der Waals surface area contributed by atoms with Crippen LogP contribution in [0, 0.1) is 5.41 Å². The lowest BCUT2D eigenvalue weighted by Crippen LogP contribution is -2.40. The van der Waals surface area contributed by atoms with E-state index in [0.29, 0.717) is 11.3 Å². The number of nitrogens with one attached hydrogen (secondary N) is 1. The van der Waals surface area contributed by atoms with Crippen LogP contribution in [0.15, 0.2) is 30.6 Å². The third-order valence-corrected chi connectivity index (χ3v) is 5.33. The fourth-order valence-corrected chi connectivity index (χ4v) is 3.66. The first kappa shape index (κ1) is 16.2. The van der Waals surface area contributed by atoms with Gasteiger partial charge < -0.3 is 10.2 Å². The van der Waals surface area contributed by atoms with Crippen molar-refractivity contribution < 1.29 is 4.79 Å². The molecule has 4 rings (SSSR count). The van der Waals surface area contributed by atoms with Gasteiger partial charge in [0.2, 0.25) is 0 Å². The largest absolute Gasteiger partial charge is 0.351 e. The molecule has 2 aromatic rings. The number of carbonyl (C=O) groups excluding carboxylic acids is 1. The van der Waals surface area contributed by atoms with E-state index < -0.39 is 0 Å². The molecule has 25 heavy (non-hydrogen) atoms. The zero-order valence-corrected chi connectivity index (χ0v) is 14.4. The van der Waals surface area contributed by atoms with Crippen LogP contribution in [0.3, 0.4) is 0 Å². The van der Waals surface area contributed by atoms with Gasteiger partial charge in [0.25, 0.3) is 5.91 Å². The highest BCUT2D eigenvalue weighted by molar-refractivity contribution is 5.97. The number of hydrogen-bond acceptors (Lipinski definition) is 5. The number of hydrogen-bond donors (Lipinski definition) is 1. The number of aromatic nitrogens is 4. The highest BCUT2D eigenvalue weighted by Crippen LogP contribution is 2.46. The second-order valence-electron chi connectivity index (χ2n) is 7.29. The molecule has 0 spiro atoms. The lowest BCUT2D eigenvalue weighted by molar-refractivity contribution is 0.0936. The summed E-state index contributed by atoms with van der Waals surface area (Å²) in [5.74, 6) is -0.0592. The molecule has 7 heteroatoms. The molecule has 1 aliphatic heterocycles. The molecule has 1 aliphatic carbocycles. The van der Waals surface area contributed by atoms with Crippen molar-refractivity contribution in [3.05, 3.63) is 36.2 Å². The Morgan fingerprint density at radius 1 is 1.16 bits per heavy atom. The maximum absolute atomic E-state index is 12.7. The molecule has 2 heterocycles. The minimum Gasteiger partial charge on any atom is -0.351 e. The second kappa shape index (κ2) is 6.92. The normalized spacial score (nSPS) is 19.5. The van der Waals surface area contributed by atoms with Crippen molar-refractivity contribution in [3.8, 4) is 5.69 Å². The summed E-state index contributed by atoms with van der Waals surface area (Å²) in [4.78, 5) is 15.3. The number of likely N-dealkylation sites (tertiary alicyclic amines) is 1. The summed E-state index contributed by atoms with van der Waals surface area (Å²) in [6, 6.07) is 7.42. The summed E-state index contributed by atoms with van der Waals surface area (Å²) in [5, 5.41) is 14.4. The van der Waals surface area contributed by atoms with Crippen LogP contribution in [0.25, 0.3) is 5.69 Å². The lowest BCUT2D eigenvalue weighted by Gasteiger charge is -2.30. The molecule has 1 N–H and O–H groups in total. The molecule has 0 unspecified atom stereocenters. The molecule has 2 fully saturated rings. The maximum atomic E-state index is 12.7. The van der Waals surface area contributed by atoms with Crippen molar-refractivity contribution in [2.45, 2.75) is 32.1 Å². The molecule has 1 aromatic heterocycles. The SMILES string of the molecule is O=C(NCC1(CN2CCCCC2)CC1)c1ccccc1-n1cnnn1. The third kappa shape index (κ3) is 3.71. The van der Waals surface area contributed by atoms with Gasteiger partial charge in [0.1, 0.15) is 6.33 Å². The van der Waals surface area contributed by atoms with Crippen LogP contribution in [0.5, 0.6) is 0 Å². The molecule has 1 saturated carbocycles. The fourth-order valence-electron chi connectivity index (χ4n) is 3.66. The van der Waals surface area contributed by atoms with Crippen LogP contribution in [0.1, 0.15) is 42.5 Å². The van der Waals surface area contributed by atoms with Crippen molar-refractivity contribution in [3.63, 3.8) is 0 Å². The molecule has 132 valence electrons. The molecular weight excluding hydrogens is 316 g/mol.